The van der Waals surface area contributed by atoms with Crippen molar-refractivity contribution in [3.8, 4) is 11.1 Å². The lowest BCUT2D eigenvalue weighted by Gasteiger charge is -2.09. The van der Waals surface area contributed by atoms with Gasteiger partial charge in [-0.2, -0.15) is 0 Å². The van der Waals surface area contributed by atoms with Crippen LogP contribution in [0.4, 0.5) is 13.2 Å². The summed E-state index contributed by atoms with van der Waals surface area (Å²) < 4.78 is 86.7. The lowest BCUT2D eigenvalue weighted by molar-refractivity contribution is 0.521. The van der Waals surface area contributed by atoms with Crippen LogP contribution in [0.5, 0.6) is 0 Å². The average molecular weight is 364 g/mol. The number of sulfone groups is 1. The van der Waals surface area contributed by atoms with Gasteiger partial charge in [0.2, 0.25) is 10.0 Å². The van der Waals surface area contributed by atoms with Crippen LogP contribution in [-0.4, -0.2) is 23.1 Å². The van der Waals surface area contributed by atoms with Crippen molar-refractivity contribution in [1.82, 2.24) is 0 Å². The molecule has 0 fully saturated rings. The summed E-state index contributed by atoms with van der Waals surface area (Å²) in [7, 11) is -8.53. The fraction of sp³-hybridized carbons (Fsp3) is 0.0769. The number of nitrogens with two attached hydrogens (primary N) is 1. The van der Waals surface area contributed by atoms with Crippen molar-refractivity contribution < 1.29 is 30.0 Å². The maximum absolute atomic E-state index is 14.2. The van der Waals surface area contributed by atoms with Crippen LogP contribution in [0, 0.1) is 23.5 Å². The smallest absolute Gasteiger partial charge is 0.224 e. The zero-order chi connectivity index (χ0) is 17.6. The molecular weight excluding hydrogens is 355 g/mol. The van der Waals surface area contributed by atoms with Gasteiger partial charge in [0, 0.05) is 11.8 Å². The van der Waals surface area contributed by atoms with Gasteiger partial charge < -0.3 is 0 Å². The van der Waals surface area contributed by atoms with Crippen LogP contribution >= 0.6 is 0 Å². The normalized spacial score (nSPS) is 12.4. The number of hydrogen-bond donors (Lipinski definition) is 1. The Morgan fingerprint density at radius 1 is 1.04 bits per heavy atom. The van der Waals surface area contributed by atoms with Crippen LogP contribution in [0.2, 0.25) is 0 Å². The number of halogens is 3. The second kappa shape index (κ2) is 5.62. The van der Waals surface area contributed by atoms with Gasteiger partial charge in [-0.25, -0.2) is 35.1 Å². The molecule has 123 valence electrons. The number of rotatable bonds is 3. The van der Waals surface area contributed by atoms with Gasteiger partial charge in [0.1, 0.15) is 16.5 Å². The molecule has 0 saturated heterocycles. The van der Waals surface area contributed by atoms with E-state index in [1.807, 2.05) is 0 Å². The molecule has 2 N–H and O–H groups in total. The van der Waals surface area contributed by atoms with E-state index in [1.165, 1.54) is 0 Å². The largest absolute Gasteiger partial charge is 0.243 e. The summed E-state index contributed by atoms with van der Waals surface area (Å²) in [5, 5.41) is 4.74. The quantitative estimate of drug-likeness (QED) is 0.895. The predicted molar refractivity (Wildman–Crippen MR) is 75.1 cm³/mol. The van der Waals surface area contributed by atoms with E-state index in [2.05, 4.69) is 6.07 Å². The maximum atomic E-state index is 14.2. The molecule has 0 aliphatic carbocycles. The molecule has 2 aromatic carbocycles. The standard InChI is InChI=1S/C13H9F3NO4S2/c1-22(18,19)11-5-2-7(6-10(11)15)8-3-4-9(14)13(12(8)16)23(17,20)21/h2,4-6H,1H3,(H2,17,20,21). The molecular formula is C13H9F3NO4S2. The summed E-state index contributed by atoms with van der Waals surface area (Å²) in [5.41, 5.74) is -0.785. The molecule has 0 atom stereocenters. The number of sulfonamides is 1. The Balaban J connectivity index is 2.72. The first-order valence-corrected chi connectivity index (χ1v) is 9.29. The first kappa shape index (κ1) is 17.4. The van der Waals surface area contributed by atoms with Gasteiger partial charge in [-0.15, -0.1) is 0 Å². The molecule has 0 aromatic heterocycles. The molecule has 0 bridgehead atoms. The van der Waals surface area contributed by atoms with E-state index in [4.69, 9.17) is 5.14 Å². The lowest BCUT2D eigenvalue weighted by Crippen LogP contribution is -2.16. The highest BCUT2D eigenvalue weighted by Crippen LogP contribution is 2.30. The Morgan fingerprint density at radius 2 is 1.65 bits per heavy atom. The molecule has 5 nitrogen and oxygen atoms in total. The van der Waals surface area contributed by atoms with Gasteiger partial charge in [-0.1, -0.05) is 6.07 Å². The molecule has 23 heavy (non-hydrogen) atoms. The highest BCUT2D eigenvalue weighted by Gasteiger charge is 2.24. The van der Waals surface area contributed by atoms with Gasteiger partial charge in [0.15, 0.2) is 20.5 Å². The molecule has 2 rings (SSSR count). The maximum Gasteiger partial charge on any atom is 0.243 e. The minimum atomic E-state index is -4.70. The third-order valence-corrected chi connectivity index (χ3v) is 4.96. The number of hydrogen-bond acceptors (Lipinski definition) is 4. The second-order valence-electron chi connectivity index (χ2n) is 4.62. The van der Waals surface area contributed by atoms with Crippen LogP contribution in [-0.2, 0) is 19.9 Å². The highest BCUT2D eigenvalue weighted by molar-refractivity contribution is 7.90. The number of primary sulfonamides is 1. The Labute approximate surface area is 130 Å². The zero-order valence-corrected chi connectivity index (χ0v) is 13.1. The molecule has 0 aliphatic rings. The van der Waals surface area contributed by atoms with Gasteiger partial charge >= 0.3 is 0 Å². The Morgan fingerprint density at radius 3 is 2.13 bits per heavy atom. The van der Waals surface area contributed by atoms with Crippen LogP contribution in [0.3, 0.4) is 0 Å². The summed E-state index contributed by atoms with van der Waals surface area (Å²) in [6.45, 7) is 0. The molecule has 0 saturated carbocycles. The van der Waals surface area contributed by atoms with E-state index in [9.17, 15) is 30.0 Å². The molecule has 1 radical (unpaired) electrons. The van der Waals surface area contributed by atoms with Crippen molar-refractivity contribution >= 4 is 19.9 Å². The summed E-state index contributed by atoms with van der Waals surface area (Å²) in [6.07, 6.45) is 0.786. The SMILES string of the molecule is CS(=O)(=O)c1ccc(-c2[c]cc(F)c(S(N)(=O)=O)c2F)cc1F. The van der Waals surface area contributed by atoms with Crippen LogP contribution in [0.25, 0.3) is 11.1 Å². The van der Waals surface area contributed by atoms with Crippen LogP contribution < -0.4 is 5.14 Å². The van der Waals surface area contributed by atoms with Crippen molar-refractivity contribution in [1.29, 1.82) is 0 Å². The molecule has 0 unspecified atom stereocenters. The van der Waals surface area contributed by atoms with E-state index < -0.39 is 52.7 Å². The highest BCUT2D eigenvalue weighted by atomic mass is 32.2. The minimum absolute atomic E-state index is 0.225. The van der Waals surface area contributed by atoms with E-state index in [0.29, 0.717) is 12.1 Å². The molecule has 10 heteroatoms. The molecule has 2 aromatic rings. The van der Waals surface area contributed by atoms with E-state index >= 15 is 0 Å². The summed E-state index contributed by atoms with van der Waals surface area (Å²) in [4.78, 5) is -1.99. The van der Waals surface area contributed by atoms with E-state index in [1.54, 1.807) is 0 Å². The Bertz CT molecular complexity index is 1000. The zero-order valence-electron chi connectivity index (χ0n) is 11.5. The van der Waals surface area contributed by atoms with Crippen molar-refractivity contribution in [2.45, 2.75) is 9.79 Å². The van der Waals surface area contributed by atoms with Crippen molar-refractivity contribution in [2.24, 2.45) is 5.14 Å². The predicted octanol–water partition coefficient (Wildman–Crippen LogP) is 1.62. The topological polar surface area (TPSA) is 94.3 Å². The van der Waals surface area contributed by atoms with Crippen LogP contribution in [0.1, 0.15) is 0 Å². The van der Waals surface area contributed by atoms with Crippen molar-refractivity contribution in [2.75, 3.05) is 6.26 Å². The fourth-order valence-electron chi connectivity index (χ4n) is 1.91. The van der Waals surface area contributed by atoms with Gasteiger partial charge in [-0.05, 0) is 29.8 Å². The van der Waals surface area contributed by atoms with Gasteiger partial charge in [0.05, 0.1) is 0 Å². The average Bonchev–Trinajstić information content (AvgIpc) is 2.35. The minimum Gasteiger partial charge on any atom is -0.224 e. The van der Waals surface area contributed by atoms with Crippen molar-refractivity contribution in [3.63, 3.8) is 0 Å². The third-order valence-electron chi connectivity index (χ3n) is 2.88. The van der Waals surface area contributed by atoms with E-state index in [0.717, 1.165) is 18.4 Å². The molecule has 0 aliphatic heterocycles. The summed E-state index contributed by atoms with van der Waals surface area (Å²) in [6, 6.07) is 5.28. The Hall–Kier alpha value is -1.91. The first-order chi connectivity index (χ1) is 10.4. The lowest BCUT2D eigenvalue weighted by atomic mass is 10.0. The van der Waals surface area contributed by atoms with Gasteiger partial charge in [0.25, 0.3) is 0 Å². The molecule has 0 amide bonds. The molecule has 0 spiro atoms. The van der Waals surface area contributed by atoms with Crippen LogP contribution in [0.15, 0.2) is 34.1 Å². The monoisotopic (exact) mass is 364 g/mol. The van der Waals surface area contributed by atoms with Crippen molar-refractivity contribution in [3.05, 3.63) is 47.8 Å². The number of benzene rings is 2. The summed E-state index contributed by atoms with van der Waals surface area (Å²) in [5.74, 6) is -4.15. The summed E-state index contributed by atoms with van der Waals surface area (Å²) >= 11 is 0. The van der Waals surface area contributed by atoms with E-state index in [-0.39, 0.29) is 5.56 Å². The van der Waals surface area contributed by atoms with Gasteiger partial charge in [-0.3, -0.25) is 0 Å². The second-order valence-corrected chi connectivity index (χ2v) is 8.10. The first-order valence-electron chi connectivity index (χ1n) is 5.85. The Kier molecular flexibility index (Phi) is 4.26. The third kappa shape index (κ3) is 3.38. The fourth-order valence-corrected chi connectivity index (χ4v) is 3.32. The molecule has 0 heterocycles.